The molecule has 0 spiro atoms. The monoisotopic (exact) mass is 202 g/mol. The predicted octanol–water partition coefficient (Wildman–Crippen LogP) is -7.61. The summed E-state index contributed by atoms with van der Waals surface area (Å²) in [6.45, 7) is 6.60. The Hall–Kier alpha value is 2.13. The molecule has 0 N–H and O–H groups in total. The molecule has 0 bridgehead atoms. The molecule has 8 heavy (non-hydrogen) atoms. The van der Waals surface area contributed by atoms with Crippen LogP contribution in [-0.2, 0) is 0 Å². The summed E-state index contributed by atoms with van der Waals surface area (Å²) in [5.41, 5.74) is 0. The molecule has 0 saturated heterocycles. The van der Waals surface area contributed by atoms with Crippen LogP contribution in [0.4, 0.5) is 0 Å². The van der Waals surface area contributed by atoms with Crippen molar-refractivity contribution in [2.75, 3.05) is 0 Å². The van der Waals surface area contributed by atoms with Crippen molar-refractivity contribution in [2.24, 2.45) is 0 Å². The molecule has 0 aromatic carbocycles. The van der Waals surface area contributed by atoms with E-state index in [2.05, 4.69) is 20.8 Å². The predicted molar refractivity (Wildman–Crippen MR) is 25.5 cm³/mol. The van der Waals surface area contributed by atoms with Crippen LogP contribution in [0.2, 0.25) is 3.54 Å². The summed E-state index contributed by atoms with van der Waals surface area (Å²) in [6, 6.07) is 0. The van der Waals surface area contributed by atoms with E-state index in [0.29, 0.717) is 3.54 Å². The minimum Gasteiger partial charge on any atom is -1.00 e. The largest absolute Gasteiger partial charge is 1.00 e. The standard InChI is InChI=1S/C4H9.BrH.ClH.Li.Mg/c1-4(2)3;;;;/h1-3H3;2*1H;;/q;;;2*+1/p-2. The van der Waals surface area contributed by atoms with E-state index in [1.165, 1.54) is 0 Å². The zero-order valence-electron chi connectivity index (χ0n) is 5.96. The molecule has 0 heterocycles. The first-order chi connectivity index (χ1) is 2.00. The summed E-state index contributed by atoms with van der Waals surface area (Å²) in [5, 5.41) is 0. The third-order valence-electron chi connectivity index (χ3n) is 0. The molecule has 0 nitrogen and oxygen atoms in total. The summed E-state index contributed by atoms with van der Waals surface area (Å²) in [5.74, 6) is 0. The van der Waals surface area contributed by atoms with E-state index in [9.17, 15) is 0 Å². The van der Waals surface area contributed by atoms with Gasteiger partial charge in [0.25, 0.3) is 0 Å². The molecule has 0 rings (SSSR count). The van der Waals surface area contributed by atoms with Crippen LogP contribution in [0.15, 0.2) is 0 Å². The summed E-state index contributed by atoms with van der Waals surface area (Å²) in [4.78, 5) is 0. The van der Waals surface area contributed by atoms with Gasteiger partial charge in [0.1, 0.15) is 0 Å². The average Bonchev–Trinajstić information content (AvgIpc) is 0.722. The number of hydrogen-bond acceptors (Lipinski definition) is 0. The smallest absolute Gasteiger partial charge is 1.00 e. The summed E-state index contributed by atoms with van der Waals surface area (Å²) in [6.07, 6.45) is 0. The van der Waals surface area contributed by atoms with E-state index < -0.39 is 0 Å². The SMILES string of the molecule is C[C](C)(C)[Mg+].[Br-].[Cl-].[Li+]. The van der Waals surface area contributed by atoms with E-state index in [4.69, 9.17) is 0 Å². The van der Waals surface area contributed by atoms with Crippen LogP contribution in [-0.4, -0.2) is 21.7 Å². The fourth-order valence-corrected chi connectivity index (χ4v) is 0. The van der Waals surface area contributed by atoms with Crippen molar-refractivity contribution in [3.8, 4) is 0 Å². The molecule has 0 fully saturated rings. The Kier molecular flexibility index (Phi) is 25.7. The molecular weight excluding hydrogens is 195 g/mol. The molecule has 0 aliphatic heterocycles. The Morgan fingerprint density at radius 1 is 1.12 bits per heavy atom. The van der Waals surface area contributed by atoms with Crippen LogP contribution in [0.25, 0.3) is 0 Å². The quantitative estimate of drug-likeness (QED) is 0.344. The van der Waals surface area contributed by atoms with Crippen LogP contribution < -0.4 is 48.2 Å². The second-order valence-electron chi connectivity index (χ2n) is 2.56. The number of rotatable bonds is 0. The molecule has 0 radical (unpaired) electrons. The molecule has 0 amide bonds. The Morgan fingerprint density at radius 2 is 1.12 bits per heavy atom. The fourth-order valence-electron chi connectivity index (χ4n) is 0. The topological polar surface area (TPSA) is 0 Å². The first-order valence-electron chi connectivity index (χ1n) is 1.85. The van der Waals surface area contributed by atoms with Gasteiger partial charge in [-0.3, -0.25) is 0 Å². The van der Waals surface area contributed by atoms with Gasteiger partial charge in [0.2, 0.25) is 0 Å². The van der Waals surface area contributed by atoms with Crippen molar-refractivity contribution in [3.63, 3.8) is 0 Å². The third kappa shape index (κ3) is 90.9. The fraction of sp³-hybridized carbons (Fsp3) is 1.00. The van der Waals surface area contributed by atoms with E-state index in [-0.39, 0.29) is 48.2 Å². The number of halogens is 2. The summed E-state index contributed by atoms with van der Waals surface area (Å²) >= 11 is 2.01. The Labute approximate surface area is 93.3 Å². The Bertz CT molecular complexity index is 31.5. The van der Waals surface area contributed by atoms with E-state index in [1.807, 2.05) is 21.7 Å². The van der Waals surface area contributed by atoms with Gasteiger partial charge in [-0.25, -0.2) is 0 Å². The molecular formula is C4H9BrClLiMg. The molecule has 0 unspecified atom stereocenters. The van der Waals surface area contributed by atoms with Gasteiger partial charge in [-0.15, -0.1) is 0 Å². The maximum Gasteiger partial charge on any atom is 1.00 e. The van der Waals surface area contributed by atoms with Crippen LogP contribution in [0.5, 0.6) is 0 Å². The molecule has 0 aromatic heterocycles. The zero-order valence-corrected chi connectivity index (χ0v) is 9.72. The van der Waals surface area contributed by atoms with Gasteiger partial charge < -0.3 is 29.4 Å². The van der Waals surface area contributed by atoms with Crippen molar-refractivity contribution in [3.05, 3.63) is 0 Å². The van der Waals surface area contributed by atoms with Gasteiger partial charge in [-0.1, -0.05) is 0 Å². The van der Waals surface area contributed by atoms with Gasteiger partial charge in [-0.2, -0.15) is 0 Å². The third-order valence-corrected chi connectivity index (χ3v) is 0. The molecule has 42 valence electrons. The maximum absolute atomic E-state index is 2.20. The van der Waals surface area contributed by atoms with E-state index >= 15 is 0 Å². The maximum atomic E-state index is 2.20. The van der Waals surface area contributed by atoms with Crippen LogP contribution in [0, 0.1) is 0 Å². The first-order valence-corrected chi connectivity index (χ1v) is 2.56. The van der Waals surface area contributed by atoms with Gasteiger partial charge in [0.05, 0.1) is 0 Å². The molecule has 0 saturated carbocycles. The van der Waals surface area contributed by atoms with Gasteiger partial charge >= 0.3 is 64.9 Å². The van der Waals surface area contributed by atoms with Gasteiger partial charge in [-0.05, 0) is 0 Å². The van der Waals surface area contributed by atoms with E-state index in [1.54, 1.807) is 0 Å². The average molecular weight is 204 g/mol. The number of hydrogen-bond donors (Lipinski definition) is 0. The Morgan fingerprint density at radius 3 is 1.12 bits per heavy atom. The first kappa shape index (κ1) is 22.5. The second-order valence-corrected chi connectivity index (χ2v) is 4.68. The van der Waals surface area contributed by atoms with Crippen molar-refractivity contribution in [1.82, 2.24) is 0 Å². The minimum atomic E-state index is 0. The normalized spacial score (nSPS) is 7.62. The zero-order chi connectivity index (χ0) is 4.50. The molecule has 0 aliphatic carbocycles. The van der Waals surface area contributed by atoms with Crippen molar-refractivity contribution >= 4 is 21.7 Å². The van der Waals surface area contributed by atoms with Gasteiger partial charge in [0.15, 0.2) is 0 Å². The van der Waals surface area contributed by atoms with Crippen molar-refractivity contribution in [2.45, 2.75) is 24.3 Å². The molecule has 0 atom stereocenters. The second kappa shape index (κ2) is 9.13. The molecule has 0 aliphatic rings. The summed E-state index contributed by atoms with van der Waals surface area (Å²) in [7, 11) is 0. The summed E-state index contributed by atoms with van der Waals surface area (Å²) < 4.78 is 0.528. The molecule has 0 aromatic rings. The van der Waals surface area contributed by atoms with Crippen LogP contribution >= 0.6 is 0 Å². The minimum absolute atomic E-state index is 0. The molecule has 4 heteroatoms. The van der Waals surface area contributed by atoms with Crippen molar-refractivity contribution < 1.29 is 48.2 Å². The van der Waals surface area contributed by atoms with Gasteiger partial charge in [0, 0.05) is 0 Å². The van der Waals surface area contributed by atoms with Crippen LogP contribution in [0.3, 0.4) is 0 Å². The Balaban J connectivity index is -0.0000000267. The van der Waals surface area contributed by atoms with E-state index in [0.717, 1.165) is 0 Å². The van der Waals surface area contributed by atoms with Crippen LogP contribution in [0.1, 0.15) is 20.8 Å². The van der Waals surface area contributed by atoms with Crippen molar-refractivity contribution in [1.29, 1.82) is 0 Å².